The number of hydrogen-bond acceptors (Lipinski definition) is 8. The van der Waals surface area contributed by atoms with Gasteiger partial charge in [-0.1, -0.05) is 6.58 Å². The van der Waals surface area contributed by atoms with Gasteiger partial charge in [0.1, 0.15) is 23.9 Å². The van der Waals surface area contributed by atoms with Crippen molar-refractivity contribution in [2.24, 2.45) is 0 Å². The minimum atomic E-state index is -0.656. The number of carbonyl (C=O) groups is 1. The van der Waals surface area contributed by atoms with E-state index in [9.17, 15) is 14.0 Å². The van der Waals surface area contributed by atoms with Gasteiger partial charge in [0.05, 0.1) is 24.2 Å². The highest BCUT2D eigenvalue weighted by Gasteiger charge is 2.15. The van der Waals surface area contributed by atoms with E-state index in [1.807, 2.05) is 19.0 Å². The van der Waals surface area contributed by atoms with E-state index in [0.717, 1.165) is 12.6 Å². The number of fused-ring (bicyclic) bond motifs is 1. The summed E-state index contributed by atoms with van der Waals surface area (Å²) in [6.45, 7) is 6.45. The van der Waals surface area contributed by atoms with Crippen LogP contribution in [-0.2, 0) is 4.79 Å². The Hall–Kier alpha value is -4.77. The minimum absolute atomic E-state index is 0.0944. The summed E-state index contributed by atoms with van der Waals surface area (Å²) < 4.78 is 27.0. The summed E-state index contributed by atoms with van der Waals surface area (Å²) in [7, 11) is 5.48. The molecule has 2 aromatic heterocycles. The van der Waals surface area contributed by atoms with Gasteiger partial charge in [0.25, 0.3) is 5.56 Å². The number of anilines is 3. The Morgan fingerprint density at radius 1 is 1.18 bits per heavy atom. The molecule has 4 rings (SSSR count). The Labute approximate surface area is 224 Å². The summed E-state index contributed by atoms with van der Waals surface area (Å²) >= 11 is 0. The standard InChI is InChI=1S/C28H29FN6O4/c1-6-25(36)31-23-14-18(7-9-21(23)29)35-26(37)13-17(2)20-16-30-28(33-27(20)35)32-22-10-8-19(15-24(22)38-5)39-12-11-34(3)4/h6-10,13-16H,1,11-12H2,2-5H3,(H,31,36)(H,30,32,33). The Balaban J connectivity index is 1.73. The number of likely N-dealkylation sites (N-methyl/N-ethyl adjacent to an activating group) is 1. The molecule has 0 aliphatic heterocycles. The molecule has 0 radical (unpaired) electrons. The van der Waals surface area contributed by atoms with Gasteiger partial charge in [-0.25, -0.2) is 9.37 Å². The van der Waals surface area contributed by atoms with Crippen LogP contribution in [0.3, 0.4) is 0 Å². The number of amides is 1. The number of aromatic nitrogens is 3. The molecule has 0 unspecified atom stereocenters. The first-order valence-electron chi connectivity index (χ1n) is 12.1. The molecule has 0 saturated carbocycles. The number of benzene rings is 2. The van der Waals surface area contributed by atoms with Gasteiger partial charge in [-0.3, -0.25) is 14.2 Å². The van der Waals surface area contributed by atoms with Crippen LogP contribution in [0, 0.1) is 12.7 Å². The van der Waals surface area contributed by atoms with Gasteiger partial charge < -0.3 is 25.0 Å². The summed E-state index contributed by atoms with van der Waals surface area (Å²) in [5.74, 6) is 0.145. The third-order valence-electron chi connectivity index (χ3n) is 5.84. The zero-order valence-corrected chi connectivity index (χ0v) is 22.1. The van der Waals surface area contributed by atoms with E-state index in [2.05, 4.69) is 27.2 Å². The van der Waals surface area contributed by atoms with E-state index < -0.39 is 11.7 Å². The molecule has 0 aliphatic rings. The fourth-order valence-corrected chi connectivity index (χ4v) is 3.83. The number of nitrogens with zero attached hydrogens (tertiary/aromatic N) is 4. The van der Waals surface area contributed by atoms with E-state index in [4.69, 9.17) is 9.47 Å². The number of ether oxygens (including phenoxy) is 2. The molecule has 0 fully saturated rings. The number of hydrogen-bond donors (Lipinski definition) is 2. The topological polar surface area (TPSA) is 111 Å². The molecule has 10 nitrogen and oxygen atoms in total. The average Bonchev–Trinajstić information content (AvgIpc) is 2.90. The van der Waals surface area contributed by atoms with Crippen LogP contribution in [0.2, 0.25) is 0 Å². The monoisotopic (exact) mass is 532 g/mol. The molecule has 2 aromatic carbocycles. The van der Waals surface area contributed by atoms with Crippen LogP contribution in [0.4, 0.5) is 21.7 Å². The average molecular weight is 533 g/mol. The van der Waals surface area contributed by atoms with Crippen molar-refractivity contribution >= 4 is 34.3 Å². The SMILES string of the molecule is C=CC(=O)Nc1cc(-n2c(=O)cc(C)c3cnc(Nc4ccc(OCCN(C)C)cc4OC)nc32)ccc1F. The maximum Gasteiger partial charge on any atom is 0.257 e. The van der Waals surface area contributed by atoms with Crippen LogP contribution >= 0.6 is 0 Å². The molecular formula is C28H29FN6O4. The first-order valence-corrected chi connectivity index (χ1v) is 12.1. The van der Waals surface area contributed by atoms with Crippen molar-refractivity contribution < 1.29 is 18.7 Å². The quantitative estimate of drug-likeness (QED) is 0.295. The molecule has 202 valence electrons. The Morgan fingerprint density at radius 2 is 1.97 bits per heavy atom. The van der Waals surface area contributed by atoms with Crippen molar-refractivity contribution in [3.63, 3.8) is 0 Å². The fourth-order valence-electron chi connectivity index (χ4n) is 3.83. The van der Waals surface area contributed by atoms with E-state index in [-0.39, 0.29) is 17.2 Å². The first-order chi connectivity index (χ1) is 18.7. The zero-order valence-electron chi connectivity index (χ0n) is 22.1. The lowest BCUT2D eigenvalue weighted by Crippen LogP contribution is -2.20. The van der Waals surface area contributed by atoms with Gasteiger partial charge in [-0.05, 0) is 63.0 Å². The number of aryl methyl sites for hydroxylation is 1. The second-order valence-corrected chi connectivity index (χ2v) is 8.93. The number of halogens is 1. The van der Waals surface area contributed by atoms with Gasteiger partial charge in [-0.2, -0.15) is 4.98 Å². The predicted molar refractivity (Wildman–Crippen MR) is 149 cm³/mol. The number of nitrogens with one attached hydrogen (secondary N) is 2. The fraction of sp³-hybridized carbons (Fsp3) is 0.214. The van der Waals surface area contributed by atoms with Crippen LogP contribution < -0.4 is 25.7 Å². The minimum Gasteiger partial charge on any atom is -0.494 e. The molecule has 0 saturated heterocycles. The first kappa shape index (κ1) is 27.3. The van der Waals surface area contributed by atoms with Crippen molar-refractivity contribution in [1.82, 2.24) is 19.4 Å². The number of methoxy groups -OCH3 is 1. The highest BCUT2D eigenvalue weighted by molar-refractivity contribution is 5.99. The number of carbonyl (C=O) groups excluding carboxylic acids is 1. The van der Waals surface area contributed by atoms with Crippen molar-refractivity contribution in [3.05, 3.63) is 83.1 Å². The molecular weight excluding hydrogens is 503 g/mol. The van der Waals surface area contributed by atoms with Crippen LogP contribution in [0.25, 0.3) is 16.7 Å². The van der Waals surface area contributed by atoms with Crippen molar-refractivity contribution in [2.75, 3.05) is 45.0 Å². The van der Waals surface area contributed by atoms with Gasteiger partial charge in [0.2, 0.25) is 11.9 Å². The Bertz CT molecular complexity index is 1600. The van der Waals surface area contributed by atoms with Gasteiger partial charge in [-0.15, -0.1) is 0 Å². The maximum absolute atomic E-state index is 14.4. The molecule has 0 bridgehead atoms. The van der Waals surface area contributed by atoms with Crippen LogP contribution in [0.1, 0.15) is 5.56 Å². The molecule has 39 heavy (non-hydrogen) atoms. The number of pyridine rings is 1. The van der Waals surface area contributed by atoms with E-state index in [1.165, 1.54) is 28.8 Å². The summed E-state index contributed by atoms with van der Waals surface area (Å²) in [6, 6.07) is 10.8. The lowest BCUT2D eigenvalue weighted by Gasteiger charge is -2.16. The second kappa shape index (κ2) is 11.7. The van der Waals surface area contributed by atoms with Crippen molar-refractivity contribution in [3.8, 4) is 17.2 Å². The molecule has 2 N–H and O–H groups in total. The van der Waals surface area contributed by atoms with Crippen LogP contribution in [0.5, 0.6) is 11.5 Å². The summed E-state index contributed by atoms with van der Waals surface area (Å²) in [5, 5.41) is 6.17. The number of rotatable bonds is 10. The lowest BCUT2D eigenvalue weighted by molar-refractivity contribution is -0.111. The second-order valence-electron chi connectivity index (χ2n) is 8.93. The van der Waals surface area contributed by atoms with Gasteiger partial charge in [0.15, 0.2) is 5.65 Å². The molecule has 4 aromatic rings. The molecule has 0 aliphatic carbocycles. The predicted octanol–water partition coefficient (Wildman–Crippen LogP) is 4.05. The van der Waals surface area contributed by atoms with E-state index >= 15 is 0 Å². The molecule has 0 atom stereocenters. The zero-order chi connectivity index (χ0) is 28.1. The third kappa shape index (κ3) is 6.21. The summed E-state index contributed by atoms with van der Waals surface area (Å²) in [5.41, 5.74) is 1.41. The van der Waals surface area contributed by atoms with Crippen molar-refractivity contribution in [1.29, 1.82) is 0 Å². The summed E-state index contributed by atoms with van der Waals surface area (Å²) in [4.78, 5) is 35.9. The lowest BCUT2D eigenvalue weighted by atomic mass is 10.2. The van der Waals surface area contributed by atoms with Crippen LogP contribution in [0.15, 0.2) is 66.1 Å². The molecule has 0 spiro atoms. The molecule has 11 heteroatoms. The Morgan fingerprint density at radius 3 is 2.69 bits per heavy atom. The molecule has 2 heterocycles. The summed E-state index contributed by atoms with van der Waals surface area (Å²) in [6.07, 6.45) is 2.63. The highest BCUT2D eigenvalue weighted by atomic mass is 19.1. The van der Waals surface area contributed by atoms with E-state index in [0.29, 0.717) is 46.1 Å². The highest BCUT2D eigenvalue weighted by Crippen LogP contribution is 2.31. The van der Waals surface area contributed by atoms with Gasteiger partial charge in [0, 0.05) is 30.3 Å². The van der Waals surface area contributed by atoms with Crippen molar-refractivity contribution in [2.45, 2.75) is 6.92 Å². The maximum atomic E-state index is 14.4. The van der Waals surface area contributed by atoms with E-state index in [1.54, 1.807) is 38.4 Å². The molecule has 1 amide bonds. The largest absolute Gasteiger partial charge is 0.494 e. The van der Waals surface area contributed by atoms with Gasteiger partial charge >= 0.3 is 0 Å². The normalized spacial score (nSPS) is 10.9. The smallest absolute Gasteiger partial charge is 0.257 e. The van der Waals surface area contributed by atoms with Crippen LogP contribution in [-0.4, -0.2) is 59.7 Å². The Kier molecular flexibility index (Phi) is 8.21. The third-order valence-corrected chi connectivity index (χ3v) is 5.84.